The van der Waals surface area contributed by atoms with E-state index in [9.17, 15) is 4.79 Å². The number of aromatic nitrogens is 1. The number of aryl methyl sites for hydroxylation is 1. The molecule has 1 aliphatic rings. The molecular formula is C16H26N4O. The molecule has 0 radical (unpaired) electrons. The van der Waals surface area contributed by atoms with Gasteiger partial charge in [-0.15, -0.1) is 0 Å². The highest BCUT2D eigenvalue weighted by atomic mass is 16.1. The third-order valence-electron chi connectivity index (χ3n) is 4.06. The first-order valence-electron chi connectivity index (χ1n) is 7.82. The Morgan fingerprint density at radius 3 is 2.76 bits per heavy atom. The molecule has 1 saturated heterocycles. The predicted octanol–water partition coefficient (Wildman–Crippen LogP) is 1.59. The Hall–Kier alpha value is -1.62. The van der Waals surface area contributed by atoms with Gasteiger partial charge in [-0.2, -0.15) is 0 Å². The average Bonchev–Trinajstić information content (AvgIpc) is 2.48. The molecule has 1 fully saturated rings. The zero-order valence-electron chi connectivity index (χ0n) is 13.1. The number of hydrogen-bond acceptors (Lipinski definition) is 4. The summed E-state index contributed by atoms with van der Waals surface area (Å²) in [6.45, 7) is 7.87. The van der Waals surface area contributed by atoms with Gasteiger partial charge in [-0.25, -0.2) is 4.98 Å². The van der Waals surface area contributed by atoms with Crippen molar-refractivity contribution in [1.29, 1.82) is 0 Å². The molecule has 0 aromatic carbocycles. The lowest BCUT2D eigenvalue weighted by Gasteiger charge is -2.32. The third-order valence-corrected chi connectivity index (χ3v) is 4.06. The van der Waals surface area contributed by atoms with Gasteiger partial charge in [0.1, 0.15) is 5.82 Å². The average molecular weight is 290 g/mol. The van der Waals surface area contributed by atoms with Gasteiger partial charge in [-0.05, 0) is 49.9 Å². The van der Waals surface area contributed by atoms with Gasteiger partial charge >= 0.3 is 0 Å². The molecule has 5 nitrogen and oxygen atoms in total. The molecule has 0 spiro atoms. The molecule has 2 rings (SSSR count). The minimum absolute atomic E-state index is 0.0269. The number of nitrogens with two attached hydrogens (primary N) is 1. The van der Waals surface area contributed by atoms with E-state index in [2.05, 4.69) is 35.1 Å². The van der Waals surface area contributed by atoms with Crippen LogP contribution in [0.25, 0.3) is 0 Å². The summed E-state index contributed by atoms with van der Waals surface area (Å²) in [5.41, 5.74) is 7.80. The zero-order chi connectivity index (χ0) is 15.2. The summed E-state index contributed by atoms with van der Waals surface area (Å²) in [6, 6.07) is 2.20. The SMILES string of the molecule is CCCNCc1cnc(N2CCC(C(N)=O)CC2)c(C)c1. The molecule has 21 heavy (non-hydrogen) atoms. The van der Waals surface area contributed by atoms with Gasteiger partial charge in [0, 0.05) is 31.7 Å². The van der Waals surface area contributed by atoms with Gasteiger partial charge in [0.05, 0.1) is 0 Å². The van der Waals surface area contributed by atoms with Gasteiger partial charge < -0.3 is 16.0 Å². The summed E-state index contributed by atoms with van der Waals surface area (Å²) in [6.07, 6.45) is 4.75. The number of rotatable bonds is 6. The number of carbonyl (C=O) groups excluding carboxylic acids is 1. The number of anilines is 1. The number of carbonyl (C=O) groups is 1. The summed E-state index contributed by atoms with van der Waals surface area (Å²) in [5, 5.41) is 3.39. The van der Waals surface area contributed by atoms with Crippen LogP contribution in [0, 0.1) is 12.8 Å². The lowest BCUT2D eigenvalue weighted by Crippen LogP contribution is -2.39. The summed E-state index contributed by atoms with van der Waals surface area (Å²) < 4.78 is 0. The van der Waals surface area contributed by atoms with Crippen molar-refractivity contribution in [2.45, 2.75) is 39.7 Å². The van der Waals surface area contributed by atoms with Crippen molar-refractivity contribution in [2.75, 3.05) is 24.5 Å². The second kappa shape index (κ2) is 7.41. The summed E-state index contributed by atoms with van der Waals surface area (Å²) in [5.74, 6) is 0.896. The second-order valence-corrected chi connectivity index (χ2v) is 5.82. The molecule has 0 aliphatic carbocycles. The van der Waals surface area contributed by atoms with Crippen molar-refractivity contribution >= 4 is 11.7 Å². The lowest BCUT2D eigenvalue weighted by molar-refractivity contribution is -0.122. The highest BCUT2D eigenvalue weighted by molar-refractivity contribution is 5.77. The zero-order valence-corrected chi connectivity index (χ0v) is 13.1. The highest BCUT2D eigenvalue weighted by Crippen LogP contribution is 2.24. The van der Waals surface area contributed by atoms with Crippen LogP contribution in [-0.2, 0) is 11.3 Å². The Balaban J connectivity index is 1.96. The van der Waals surface area contributed by atoms with Crippen molar-refractivity contribution in [3.05, 3.63) is 23.4 Å². The van der Waals surface area contributed by atoms with E-state index in [-0.39, 0.29) is 11.8 Å². The van der Waals surface area contributed by atoms with Crippen LogP contribution in [0.1, 0.15) is 37.3 Å². The Kier molecular flexibility index (Phi) is 5.56. The minimum atomic E-state index is -0.170. The number of nitrogens with one attached hydrogen (secondary N) is 1. The summed E-state index contributed by atoms with van der Waals surface area (Å²) in [4.78, 5) is 18.1. The highest BCUT2D eigenvalue weighted by Gasteiger charge is 2.24. The van der Waals surface area contributed by atoms with E-state index in [0.29, 0.717) is 0 Å². The van der Waals surface area contributed by atoms with Gasteiger partial charge in [0.15, 0.2) is 0 Å². The molecule has 2 heterocycles. The fourth-order valence-electron chi connectivity index (χ4n) is 2.84. The van der Waals surface area contributed by atoms with Crippen LogP contribution in [0.2, 0.25) is 0 Å². The van der Waals surface area contributed by atoms with E-state index in [1.54, 1.807) is 0 Å². The van der Waals surface area contributed by atoms with E-state index in [1.165, 1.54) is 11.1 Å². The van der Waals surface area contributed by atoms with Crippen molar-refractivity contribution in [3.63, 3.8) is 0 Å². The fourth-order valence-corrected chi connectivity index (χ4v) is 2.84. The number of piperidine rings is 1. The van der Waals surface area contributed by atoms with E-state index < -0.39 is 0 Å². The first kappa shape index (κ1) is 15.8. The van der Waals surface area contributed by atoms with Crippen LogP contribution in [0.3, 0.4) is 0 Å². The Morgan fingerprint density at radius 2 is 2.19 bits per heavy atom. The Morgan fingerprint density at radius 1 is 1.48 bits per heavy atom. The van der Waals surface area contributed by atoms with Crippen molar-refractivity contribution in [1.82, 2.24) is 10.3 Å². The molecule has 116 valence electrons. The lowest BCUT2D eigenvalue weighted by atomic mass is 9.96. The molecule has 5 heteroatoms. The van der Waals surface area contributed by atoms with Crippen LogP contribution >= 0.6 is 0 Å². The number of amides is 1. The second-order valence-electron chi connectivity index (χ2n) is 5.82. The molecule has 1 aliphatic heterocycles. The van der Waals surface area contributed by atoms with Crippen molar-refractivity contribution in [2.24, 2.45) is 11.7 Å². The van der Waals surface area contributed by atoms with Crippen molar-refractivity contribution < 1.29 is 4.79 Å². The number of pyridine rings is 1. The molecule has 0 bridgehead atoms. The monoisotopic (exact) mass is 290 g/mol. The summed E-state index contributed by atoms with van der Waals surface area (Å²) >= 11 is 0. The maximum Gasteiger partial charge on any atom is 0.220 e. The number of primary amides is 1. The van der Waals surface area contributed by atoms with Crippen LogP contribution in [0.4, 0.5) is 5.82 Å². The topological polar surface area (TPSA) is 71.2 Å². The minimum Gasteiger partial charge on any atom is -0.369 e. The maximum atomic E-state index is 11.2. The van der Waals surface area contributed by atoms with Crippen LogP contribution in [0.15, 0.2) is 12.3 Å². The molecular weight excluding hydrogens is 264 g/mol. The molecule has 0 saturated carbocycles. The normalized spacial score (nSPS) is 16.2. The van der Waals surface area contributed by atoms with Crippen LogP contribution in [-0.4, -0.2) is 30.5 Å². The van der Waals surface area contributed by atoms with Gasteiger partial charge in [-0.1, -0.05) is 6.92 Å². The molecule has 3 N–H and O–H groups in total. The van der Waals surface area contributed by atoms with Crippen molar-refractivity contribution in [3.8, 4) is 0 Å². The molecule has 0 unspecified atom stereocenters. The van der Waals surface area contributed by atoms with Gasteiger partial charge in [-0.3, -0.25) is 4.79 Å². The fraction of sp³-hybridized carbons (Fsp3) is 0.625. The van der Waals surface area contributed by atoms with Gasteiger partial charge in [0.25, 0.3) is 0 Å². The molecule has 1 aromatic rings. The van der Waals surface area contributed by atoms with E-state index in [4.69, 9.17) is 5.73 Å². The first-order chi connectivity index (χ1) is 10.1. The Bertz CT molecular complexity index is 481. The number of nitrogens with zero attached hydrogens (tertiary/aromatic N) is 2. The van der Waals surface area contributed by atoms with Crippen LogP contribution in [0.5, 0.6) is 0 Å². The quantitative estimate of drug-likeness (QED) is 0.781. The standard InChI is InChI=1S/C16H26N4O/c1-3-6-18-10-13-9-12(2)16(19-11-13)20-7-4-14(5-8-20)15(17)21/h9,11,14,18H,3-8,10H2,1-2H3,(H2,17,21). The van der Waals surface area contributed by atoms with E-state index in [0.717, 1.165) is 51.3 Å². The first-order valence-corrected chi connectivity index (χ1v) is 7.82. The molecule has 1 aromatic heterocycles. The smallest absolute Gasteiger partial charge is 0.220 e. The Labute approximate surface area is 126 Å². The van der Waals surface area contributed by atoms with Gasteiger partial charge in [0.2, 0.25) is 5.91 Å². The predicted molar refractivity (Wildman–Crippen MR) is 85.1 cm³/mol. The third kappa shape index (κ3) is 4.17. The van der Waals surface area contributed by atoms with E-state index >= 15 is 0 Å². The summed E-state index contributed by atoms with van der Waals surface area (Å²) in [7, 11) is 0. The maximum absolute atomic E-state index is 11.2. The molecule has 0 atom stereocenters. The largest absolute Gasteiger partial charge is 0.369 e. The molecule has 1 amide bonds. The number of hydrogen-bond donors (Lipinski definition) is 2. The van der Waals surface area contributed by atoms with Crippen LogP contribution < -0.4 is 16.0 Å². The van der Waals surface area contributed by atoms with E-state index in [1.807, 2.05) is 6.20 Å².